The summed E-state index contributed by atoms with van der Waals surface area (Å²) in [6.45, 7) is 5.66. The van der Waals surface area contributed by atoms with Gasteiger partial charge in [-0.05, 0) is 90.6 Å². The molecule has 10 heteroatoms. The molecule has 238 valence electrons. The molecule has 2 heterocycles. The minimum Gasteiger partial charge on any atom is -0.493 e. The molecule has 1 aromatic heterocycles. The van der Waals surface area contributed by atoms with E-state index in [1.165, 1.54) is 11.1 Å². The molecule has 1 aliphatic heterocycles. The number of carboxylic acid groups (broad SMARTS) is 1. The number of amides is 2. The Labute approximate surface area is 268 Å². The monoisotopic (exact) mass is 621 g/mol. The number of hydrogen-bond donors (Lipinski definition) is 3. The van der Waals surface area contributed by atoms with Crippen LogP contribution in [0, 0.1) is 19.8 Å². The number of carboxylic acids is 1. The van der Waals surface area contributed by atoms with E-state index in [0.717, 1.165) is 46.7 Å². The minimum absolute atomic E-state index is 0.123. The number of nitrogens with two attached hydrogens (primary N) is 1. The topological polar surface area (TPSA) is 140 Å². The lowest BCUT2D eigenvalue weighted by Gasteiger charge is -2.30. The second kappa shape index (κ2) is 13.2. The Morgan fingerprint density at radius 2 is 1.91 bits per heavy atom. The zero-order chi connectivity index (χ0) is 32.4. The Balaban J connectivity index is 1.12. The van der Waals surface area contributed by atoms with Gasteiger partial charge in [0, 0.05) is 42.5 Å². The smallest absolute Gasteiger partial charge is 0.322 e. The molecule has 46 heavy (non-hydrogen) atoms. The quantitative estimate of drug-likeness (QED) is 0.196. The summed E-state index contributed by atoms with van der Waals surface area (Å²) in [6, 6.07) is 18.2. The third kappa shape index (κ3) is 6.67. The third-order valence-corrected chi connectivity index (χ3v) is 9.01. The van der Waals surface area contributed by atoms with Gasteiger partial charge in [0.2, 0.25) is 5.91 Å². The summed E-state index contributed by atoms with van der Waals surface area (Å²) in [5.74, 6) is 0.349. The van der Waals surface area contributed by atoms with Gasteiger partial charge in [-0.1, -0.05) is 36.4 Å². The maximum atomic E-state index is 13.5. The van der Waals surface area contributed by atoms with Gasteiger partial charge in [-0.2, -0.15) is 5.10 Å². The number of rotatable bonds is 12. The van der Waals surface area contributed by atoms with Crippen LogP contribution in [0.5, 0.6) is 5.75 Å². The molecule has 6 rings (SSSR count). The fraction of sp³-hybridized carbons (Fsp3) is 0.333. The van der Waals surface area contributed by atoms with E-state index < -0.39 is 12.0 Å². The number of nitrogens with one attached hydrogen (secondary N) is 1. The summed E-state index contributed by atoms with van der Waals surface area (Å²) in [5.41, 5.74) is 13.4. The van der Waals surface area contributed by atoms with Crippen molar-refractivity contribution in [2.45, 2.75) is 51.6 Å². The maximum absolute atomic E-state index is 13.5. The number of carbonyl (C=O) groups is 3. The summed E-state index contributed by atoms with van der Waals surface area (Å²) in [7, 11) is 0. The van der Waals surface area contributed by atoms with Crippen LogP contribution in [0.1, 0.15) is 57.8 Å². The number of hydrogen-bond acceptors (Lipinski definition) is 6. The predicted octanol–water partition coefficient (Wildman–Crippen LogP) is 4.67. The fourth-order valence-electron chi connectivity index (χ4n) is 6.20. The van der Waals surface area contributed by atoms with E-state index in [1.807, 2.05) is 46.2 Å². The molecule has 0 bridgehead atoms. The van der Waals surface area contributed by atoms with E-state index in [1.54, 1.807) is 18.2 Å². The molecule has 2 aliphatic rings. The Kier molecular flexibility index (Phi) is 8.90. The highest BCUT2D eigenvalue weighted by molar-refractivity contribution is 5.97. The zero-order valence-corrected chi connectivity index (χ0v) is 26.1. The lowest BCUT2D eigenvalue weighted by atomic mass is 9.92. The number of nitrogens with zero attached hydrogens (tertiary/aromatic N) is 3. The minimum atomic E-state index is -1.17. The van der Waals surface area contributed by atoms with Crippen LogP contribution in [-0.2, 0) is 16.1 Å². The molecule has 1 fully saturated rings. The Bertz CT molecular complexity index is 1780. The summed E-state index contributed by atoms with van der Waals surface area (Å²) >= 11 is 0. The van der Waals surface area contributed by atoms with Crippen molar-refractivity contribution >= 4 is 23.5 Å². The summed E-state index contributed by atoms with van der Waals surface area (Å²) in [6.07, 6.45) is 5.99. The Morgan fingerprint density at radius 3 is 2.74 bits per heavy atom. The van der Waals surface area contributed by atoms with Crippen molar-refractivity contribution in [3.63, 3.8) is 0 Å². The molecular weight excluding hydrogens is 582 g/mol. The Morgan fingerprint density at radius 1 is 1.11 bits per heavy atom. The van der Waals surface area contributed by atoms with Crippen molar-refractivity contribution in [2.75, 3.05) is 24.6 Å². The van der Waals surface area contributed by atoms with Crippen LogP contribution in [0.4, 0.5) is 5.69 Å². The zero-order valence-electron chi connectivity index (χ0n) is 26.1. The molecule has 0 spiro atoms. The van der Waals surface area contributed by atoms with Gasteiger partial charge in [0.05, 0.1) is 19.3 Å². The first-order valence-electron chi connectivity index (χ1n) is 15.7. The van der Waals surface area contributed by atoms with Gasteiger partial charge in [0.1, 0.15) is 11.8 Å². The van der Waals surface area contributed by atoms with E-state index in [2.05, 4.69) is 42.5 Å². The number of ether oxygens (including phenoxy) is 1. The molecule has 0 radical (unpaired) electrons. The van der Waals surface area contributed by atoms with E-state index >= 15 is 0 Å². The fourth-order valence-corrected chi connectivity index (χ4v) is 6.20. The molecule has 3 aromatic carbocycles. The number of carbonyl (C=O) groups excluding carboxylic acids is 2. The van der Waals surface area contributed by atoms with E-state index in [4.69, 9.17) is 15.6 Å². The van der Waals surface area contributed by atoms with E-state index in [0.29, 0.717) is 43.4 Å². The van der Waals surface area contributed by atoms with Crippen molar-refractivity contribution < 1.29 is 24.2 Å². The van der Waals surface area contributed by atoms with Crippen LogP contribution >= 0.6 is 0 Å². The number of anilines is 1. The van der Waals surface area contributed by atoms with Crippen molar-refractivity contribution in [3.8, 4) is 16.9 Å². The van der Waals surface area contributed by atoms with Crippen LogP contribution < -0.4 is 20.7 Å². The first kappa shape index (κ1) is 31.0. The van der Waals surface area contributed by atoms with Gasteiger partial charge in [0.15, 0.2) is 0 Å². The summed E-state index contributed by atoms with van der Waals surface area (Å²) < 4.78 is 7.83. The molecule has 1 aliphatic carbocycles. The normalized spacial score (nSPS) is 17.1. The highest BCUT2D eigenvalue weighted by atomic mass is 16.5. The highest BCUT2D eigenvalue weighted by Gasteiger charge is 2.47. The number of benzene rings is 3. The maximum Gasteiger partial charge on any atom is 0.322 e. The van der Waals surface area contributed by atoms with Gasteiger partial charge in [0.25, 0.3) is 5.91 Å². The predicted molar refractivity (Wildman–Crippen MR) is 175 cm³/mol. The second-order valence-corrected chi connectivity index (χ2v) is 12.3. The SMILES string of the molecule is Cc1cccc(OCCCC(=O)N2C[C@@H]3C[C@@H]3c3c(-c4cnn(Cc5cccc(C(=O)NCC(N)C(=O)O)c5)c4)cccc32)c1C. The van der Waals surface area contributed by atoms with Crippen molar-refractivity contribution in [1.82, 2.24) is 15.1 Å². The number of aromatic nitrogens is 2. The van der Waals surface area contributed by atoms with Crippen molar-refractivity contribution in [2.24, 2.45) is 11.7 Å². The molecule has 4 N–H and O–H groups in total. The molecule has 10 nitrogen and oxygen atoms in total. The summed E-state index contributed by atoms with van der Waals surface area (Å²) in [5, 5.41) is 16.1. The highest BCUT2D eigenvalue weighted by Crippen LogP contribution is 2.57. The summed E-state index contributed by atoms with van der Waals surface area (Å²) in [4.78, 5) is 39.0. The molecule has 2 amide bonds. The molecular formula is C36H39N5O5. The number of aliphatic carboxylic acids is 1. The number of aryl methyl sites for hydroxylation is 1. The first-order chi connectivity index (χ1) is 22.2. The third-order valence-electron chi connectivity index (χ3n) is 9.01. The van der Waals surface area contributed by atoms with Gasteiger partial charge in [-0.25, -0.2) is 0 Å². The van der Waals surface area contributed by atoms with Crippen LogP contribution in [0.2, 0.25) is 0 Å². The van der Waals surface area contributed by atoms with Crippen LogP contribution in [0.25, 0.3) is 11.1 Å². The van der Waals surface area contributed by atoms with Gasteiger partial charge in [-0.15, -0.1) is 0 Å². The van der Waals surface area contributed by atoms with Crippen molar-refractivity contribution in [3.05, 3.63) is 101 Å². The standard InChI is InChI=1S/C36H39N5O5/c1-22-7-3-12-32(23(22)2)46-14-6-13-33(42)41-21-26-16-29(26)34-28(10-5-11-31(34)41)27-17-39-40(20-27)19-24-8-4-9-25(15-24)35(43)38-18-30(37)36(44)45/h3-5,7-12,15,17,20,26,29-30H,6,13-14,16,18-19,21,37H2,1-2H3,(H,38,43)(H,44,45)/t26-,29-,30?/m0/s1. The molecule has 1 unspecified atom stereocenters. The van der Waals surface area contributed by atoms with Crippen molar-refractivity contribution in [1.29, 1.82) is 0 Å². The van der Waals surface area contributed by atoms with Gasteiger partial charge < -0.3 is 25.8 Å². The average molecular weight is 622 g/mol. The van der Waals surface area contributed by atoms with Crippen LogP contribution in [-0.4, -0.2) is 58.4 Å². The molecule has 4 aromatic rings. The number of fused-ring (bicyclic) bond motifs is 3. The van der Waals surface area contributed by atoms with Gasteiger partial charge in [-0.3, -0.25) is 19.1 Å². The van der Waals surface area contributed by atoms with Gasteiger partial charge >= 0.3 is 5.97 Å². The molecule has 0 saturated heterocycles. The van der Waals surface area contributed by atoms with E-state index in [9.17, 15) is 14.4 Å². The molecule has 1 saturated carbocycles. The largest absolute Gasteiger partial charge is 0.493 e. The first-order valence-corrected chi connectivity index (χ1v) is 15.7. The lowest BCUT2D eigenvalue weighted by Crippen LogP contribution is -2.42. The molecule has 3 atom stereocenters. The lowest BCUT2D eigenvalue weighted by molar-refractivity contribution is -0.138. The van der Waals surface area contributed by atoms with E-state index in [-0.39, 0.29) is 18.4 Å². The Hall–Kier alpha value is -4.96. The van der Waals surface area contributed by atoms with Crippen LogP contribution in [0.3, 0.4) is 0 Å². The average Bonchev–Trinajstić information content (AvgIpc) is 3.71. The van der Waals surface area contributed by atoms with Crippen LogP contribution in [0.15, 0.2) is 73.1 Å². The second-order valence-electron chi connectivity index (χ2n) is 12.3.